The third-order valence-electron chi connectivity index (χ3n) is 5.94. The molecule has 0 spiro atoms. The van der Waals surface area contributed by atoms with E-state index in [2.05, 4.69) is 9.88 Å². The number of aromatic nitrogens is 2. The zero-order chi connectivity index (χ0) is 24.7. The first-order valence-electron chi connectivity index (χ1n) is 11.6. The summed E-state index contributed by atoms with van der Waals surface area (Å²) >= 11 is 0. The molecule has 35 heavy (non-hydrogen) atoms. The number of rotatable bonds is 9. The van der Waals surface area contributed by atoms with E-state index in [1.165, 1.54) is 31.2 Å². The minimum Gasteiger partial charge on any atom is -0.492 e. The van der Waals surface area contributed by atoms with Crippen molar-refractivity contribution >= 4 is 5.91 Å². The van der Waals surface area contributed by atoms with Gasteiger partial charge in [-0.1, -0.05) is 12.1 Å². The van der Waals surface area contributed by atoms with Crippen LogP contribution in [0.4, 0.5) is 4.39 Å². The Labute approximate surface area is 204 Å². The van der Waals surface area contributed by atoms with Crippen molar-refractivity contribution in [3.63, 3.8) is 0 Å². The first-order valence-corrected chi connectivity index (χ1v) is 11.6. The number of ether oxygens (including phenoxy) is 2. The molecule has 1 atom stereocenters. The van der Waals surface area contributed by atoms with Gasteiger partial charge in [0, 0.05) is 45.5 Å². The highest BCUT2D eigenvalue weighted by Crippen LogP contribution is 2.21. The van der Waals surface area contributed by atoms with Gasteiger partial charge in [0.2, 0.25) is 5.91 Å². The summed E-state index contributed by atoms with van der Waals surface area (Å²) < 4.78 is 26.8. The fourth-order valence-electron chi connectivity index (χ4n) is 4.16. The Morgan fingerprint density at radius 2 is 1.94 bits per heavy atom. The van der Waals surface area contributed by atoms with Crippen molar-refractivity contribution in [1.82, 2.24) is 19.4 Å². The number of aliphatic hydroxyl groups is 1. The van der Waals surface area contributed by atoms with Gasteiger partial charge in [0.25, 0.3) is 0 Å². The first kappa shape index (κ1) is 24.7. The number of carbonyl (C=O) groups is 1. The van der Waals surface area contributed by atoms with Crippen molar-refractivity contribution in [2.75, 3.05) is 39.4 Å². The van der Waals surface area contributed by atoms with Crippen LogP contribution in [0.1, 0.15) is 12.5 Å². The van der Waals surface area contributed by atoms with Crippen LogP contribution < -0.4 is 9.47 Å². The number of imidazole rings is 1. The second-order valence-electron chi connectivity index (χ2n) is 8.91. The first-order chi connectivity index (χ1) is 16.9. The van der Waals surface area contributed by atoms with Crippen molar-refractivity contribution in [3.8, 4) is 11.5 Å². The summed E-state index contributed by atoms with van der Waals surface area (Å²) in [4.78, 5) is 19.9. The fourth-order valence-corrected chi connectivity index (χ4v) is 4.16. The molecule has 9 heteroatoms. The molecule has 0 aliphatic carbocycles. The average molecular weight is 483 g/mol. The largest absolute Gasteiger partial charge is 0.492 e. The van der Waals surface area contributed by atoms with Gasteiger partial charge in [-0.05, 0) is 42.0 Å². The molecule has 1 unspecified atom stereocenters. The van der Waals surface area contributed by atoms with Crippen LogP contribution in [-0.2, 0) is 17.9 Å². The predicted octanol–water partition coefficient (Wildman–Crippen LogP) is 2.58. The third-order valence-corrected chi connectivity index (χ3v) is 5.94. The number of β-amino-alcohol motifs (C(OH)–C–C–N with tert-alkyl or cyclic N) is 1. The molecule has 1 N–H and O–H groups in total. The van der Waals surface area contributed by atoms with Crippen LogP contribution >= 0.6 is 0 Å². The van der Waals surface area contributed by atoms with E-state index in [0.29, 0.717) is 45.1 Å². The molecule has 2 aromatic carbocycles. The molecule has 1 aliphatic rings. The van der Waals surface area contributed by atoms with Gasteiger partial charge in [-0.15, -0.1) is 0 Å². The van der Waals surface area contributed by atoms with Gasteiger partial charge >= 0.3 is 0 Å². The Balaban J connectivity index is 1.39. The molecule has 8 nitrogen and oxygen atoms in total. The van der Waals surface area contributed by atoms with E-state index >= 15 is 0 Å². The minimum absolute atomic E-state index is 0.0175. The lowest BCUT2D eigenvalue weighted by molar-refractivity contribution is -0.132. The van der Waals surface area contributed by atoms with E-state index in [0.717, 1.165) is 11.3 Å². The summed E-state index contributed by atoms with van der Waals surface area (Å²) in [5, 5.41) is 11.4. The molecule has 4 rings (SSSR count). The Kier molecular flexibility index (Phi) is 7.99. The Hall–Kier alpha value is -3.43. The smallest absolute Gasteiger partial charge is 0.219 e. The normalized spacial score (nSPS) is 18.8. The lowest BCUT2D eigenvalue weighted by atomic mass is 10.0. The second-order valence-corrected chi connectivity index (χ2v) is 8.91. The monoisotopic (exact) mass is 482 g/mol. The molecular formula is C26H31FN4O4. The maximum atomic E-state index is 13.2. The van der Waals surface area contributed by atoms with E-state index in [9.17, 15) is 14.3 Å². The Morgan fingerprint density at radius 3 is 2.69 bits per heavy atom. The molecule has 1 aliphatic heterocycles. The van der Waals surface area contributed by atoms with Gasteiger partial charge in [-0.25, -0.2) is 9.37 Å². The number of amides is 1. The van der Waals surface area contributed by atoms with Crippen LogP contribution in [0.25, 0.3) is 0 Å². The van der Waals surface area contributed by atoms with E-state index in [4.69, 9.17) is 9.47 Å². The number of hydrogen-bond donors (Lipinski definition) is 1. The fraction of sp³-hybridized carbons (Fsp3) is 0.385. The summed E-state index contributed by atoms with van der Waals surface area (Å²) in [6, 6.07) is 13.5. The summed E-state index contributed by atoms with van der Waals surface area (Å²) in [7, 11) is 0. The van der Waals surface area contributed by atoms with Crippen molar-refractivity contribution in [2.45, 2.75) is 25.6 Å². The number of halogens is 1. The van der Waals surface area contributed by atoms with E-state index in [-0.39, 0.29) is 24.9 Å². The van der Waals surface area contributed by atoms with Crippen molar-refractivity contribution in [3.05, 3.63) is 78.6 Å². The Bertz CT molecular complexity index is 1090. The van der Waals surface area contributed by atoms with Gasteiger partial charge in [0.1, 0.15) is 36.1 Å². The van der Waals surface area contributed by atoms with Crippen LogP contribution in [-0.4, -0.2) is 75.4 Å². The topological polar surface area (TPSA) is 80.1 Å². The predicted molar refractivity (Wildman–Crippen MR) is 129 cm³/mol. The maximum absolute atomic E-state index is 13.2. The standard InChI is InChI=1S/C26H31FN4O4/c1-21(32)31-12-11-30(17-26(33,18-31)19-35-24-7-5-23(27)6-8-24)16-22-3-2-4-25(15-22)34-14-13-29-10-9-28-20-29/h2-10,15,20,33H,11-14,16-19H2,1H3. The van der Waals surface area contributed by atoms with E-state index < -0.39 is 5.60 Å². The van der Waals surface area contributed by atoms with Crippen LogP contribution in [0, 0.1) is 5.82 Å². The minimum atomic E-state index is -1.28. The molecule has 1 amide bonds. The average Bonchev–Trinajstić information content (AvgIpc) is 3.29. The number of benzene rings is 2. The second kappa shape index (κ2) is 11.3. The van der Waals surface area contributed by atoms with Gasteiger partial charge in [-0.2, -0.15) is 0 Å². The Morgan fingerprint density at radius 1 is 1.11 bits per heavy atom. The highest BCUT2D eigenvalue weighted by Gasteiger charge is 2.36. The summed E-state index contributed by atoms with van der Waals surface area (Å²) in [6.07, 6.45) is 5.38. The highest BCUT2D eigenvalue weighted by atomic mass is 19.1. The van der Waals surface area contributed by atoms with Gasteiger partial charge in [0.15, 0.2) is 0 Å². The molecule has 186 valence electrons. The number of nitrogens with zero attached hydrogens (tertiary/aromatic N) is 4. The SMILES string of the molecule is CC(=O)N1CCN(Cc2cccc(OCCn3ccnc3)c2)CC(O)(COc2ccc(F)cc2)C1. The van der Waals surface area contributed by atoms with Crippen molar-refractivity contribution in [1.29, 1.82) is 0 Å². The molecule has 1 fully saturated rings. The summed E-state index contributed by atoms with van der Waals surface area (Å²) in [6.45, 7) is 4.91. The lowest BCUT2D eigenvalue weighted by Crippen LogP contribution is -2.51. The van der Waals surface area contributed by atoms with E-state index in [1.807, 2.05) is 35.0 Å². The zero-order valence-corrected chi connectivity index (χ0v) is 19.8. The maximum Gasteiger partial charge on any atom is 0.219 e. The van der Waals surface area contributed by atoms with Gasteiger partial charge in [-0.3, -0.25) is 9.69 Å². The van der Waals surface area contributed by atoms with Gasteiger partial charge in [0.05, 0.1) is 19.4 Å². The van der Waals surface area contributed by atoms with Gasteiger partial charge < -0.3 is 24.0 Å². The lowest BCUT2D eigenvalue weighted by Gasteiger charge is -2.32. The molecule has 3 aromatic rings. The summed E-state index contributed by atoms with van der Waals surface area (Å²) in [5.41, 5.74) is -0.238. The summed E-state index contributed by atoms with van der Waals surface area (Å²) in [5.74, 6) is 0.788. The van der Waals surface area contributed by atoms with Crippen LogP contribution in [0.3, 0.4) is 0 Å². The molecular weight excluding hydrogens is 451 g/mol. The van der Waals surface area contributed by atoms with Crippen molar-refractivity contribution in [2.24, 2.45) is 0 Å². The number of carbonyl (C=O) groups excluding carboxylic acids is 1. The van der Waals surface area contributed by atoms with E-state index in [1.54, 1.807) is 17.4 Å². The number of hydrogen-bond acceptors (Lipinski definition) is 6. The molecule has 1 saturated heterocycles. The van der Waals surface area contributed by atoms with Crippen LogP contribution in [0.15, 0.2) is 67.3 Å². The third kappa shape index (κ3) is 7.27. The van der Waals surface area contributed by atoms with Crippen LogP contribution in [0.2, 0.25) is 0 Å². The van der Waals surface area contributed by atoms with Crippen LogP contribution in [0.5, 0.6) is 11.5 Å². The molecule has 0 radical (unpaired) electrons. The highest BCUT2D eigenvalue weighted by molar-refractivity contribution is 5.73. The quantitative estimate of drug-likeness (QED) is 0.505. The van der Waals surface area contributed by atoms with Crippen molar-refractivity contribution < 1.29 is 23.8 Å². The molecule has 1 aromatic heterocycles. The zero-order valence-electron chi connectivity index (χ0n) is 19.8. The molecule has 2 heterocycles. The molecule has 0 saturated carbocycles. The molecule has 0 bridgehead atoms.